The number of fused-ring (bicyclic) bond motifs is 3. The number of nitrogens with zero attached hydrogens (tertiary/aromatic N) is 2. The summed E-state index contributed by atoms with van der Waals surface area (Å²) in [6, 6.07) is 54.6. The van der Waals surface area contributed by atoms with E-state index in [0.717, 1.165) is 34.5 Å². The van der Waals surface area contributed by atoms with Gasteiger partial charge < -0.3 is 0 Å². The third kappa shape index (κ3) is 4.77. The molecule has 1 unspecified atom stereocenters. The Kier molecular flexibility index (Phi) is 6.87. The Morgan fingerprint density at radius 3 is 1.92 bits per heavy atom. The molecule has 7 aromatic carbocycles. The standard InChI is InChI=1S/C46H34N2/c1-31-13-12-18-36(29-31)45-39-20-9-8-19-38(39)44(41-30-35(25-28-40(41)45)32-14-4-2-5-15-32)33-23-26-37(27-24-33)48-43-22-11-10-21-42(43)47-46(48)34-16-6-3-7-17-34/h2-12,14-31H,13H2,1H3. The van der Waals surface area contributed by atoms with E-state index in [-0.39, 0.29) is 0 Å². The highest BCUT2D eigenvalue weighted by atomic mass is 15.1. The Bertz CT molecular complexity index is 2520. The highest BCUT2D eigenvalue weighted by molar-refractivity contribution is 6.20. The molecule has 1 heterocycles. The molecule has 228 valence electrons. The summed E-state index contributed by atoms with van der Waals surface area (Å²) in [6.07, 6.45) is 8.18. The maximum atomic E-state index is 5.07. The summed E-state index contributed by atoms with van der Waals surface area (Å²) in [4.78, 5) is 5.07. The van der Waals surface area contributed by atoms with E-state index in [0.29, 0.717) is 5.92 Å². The lowest BCUT2D eigenvalue weighted by molar-refractivity contribution is 0.740. The van der Waals surface area contributed by atoms with Gasteiger partial charge in [-0.3, -0.25) is 4.57 Å². The molecule has 1 aliphatic carbocycles. The van der Waals surface area contributed by atoms with Gasteiger partial charge in [0.05, 0.1) is 11.0 Å². The van der Waals surface area contributed by atoms with Gasteiger partial charge in [0.15, 0.2) is 0 Å². The molecule has 48 heavy (non-hydrogen) atoms. The van der Waals surface area contributed by atoms with Crippen LogP contribution in [-0.4, -0.2) is 9.55 Å². The van der Waals surface area contributed by atoms with Crippen LogP contribution < -0.4 is 0 Å². The minimum Gasteiger partial charge on any atom is -0.292 e. The van der Waals surface area contributed by atoms with Crippen molar-refractivity contribution >= 4 is 38.2 Å². The number of hydrogen-bond acceptors (Lipinski definition) is 1. The van der Waals surface area contributed by atoms with Crippen LogP contribution in [0.4, 0.5) is 0 Å². The predicted molar refractivity (Wildman–Crippen MR) is 203 cm³/mol. The predicted octanol–water partition coefficient (Wildman–Crippen LogP) is 12.3. The normalized spacial score (nSPS) is 14.5. The first-order valence-corrected chi connectivity index (χ1v) is 16.8. The van der Waals surface area contributed by atoms with Crippen molar-refractivity contribution < 1.29 is 0 Å². The molecule has 2 heteroatoms. The van der Waals surface area contributed by atoms with E-state index in [1.54, 1.807) is 0 Å². The van der Waals surface area contributed by atoms with Crippen molar-refractivity contribution in [3.63, 3.8) is 0 Å². The Morgan fingerprint density at radius 2 is 1.17 bits per heavy atom. The third-order valence-corrected chi connectivity index (χ3v) is 9.70. The second kappa shape index (κ2) is 11.7. The number of imidazole rings is 1. The molecule has 0 saturated heterocycles. The van der Waals surface area contributed by atoms with Crippen LogP contribution in [0.25, 0.3) is 77.5 Å². The lowest BCUT2D eigenvalue weighted by atomic mass is 9.83. The fourth-order valence-electron chi connectivity index (χ4n) is 7.46. The summed E-state index contributed by atoms with van der Waals surface area (Å²) in [5, 5.41) is 5.10. The van der Waals surface area contributed by atoms with E-state index in [9.17, 15) is 0 Å². The fourth-order valence-corrected chi connectivity index (χ4v) is 7.46. The van der Waals surface area contributed by atoms with Crippen LogP contribution in [0.5, 0.6) is 0 Å². The topological polar surface area (TPSA) is 17.8 Å². The molecule has 8 aromatic rings. The lowest BCUT2D eigenvalue weighted by Crippen LogP contribution is -1.99. The van der Waals surface area contributed by atoms with E-state index >= 15 is 0 Å². The van der Waals surface area contributed by atoms with Crippen LogP contribution in [0, 0.1) is 5.92 Å². The second-order valence-electron chi connectivity index (χ2n) is 12.8. The minimum absolute atomic E-state index is 0.509. The van der Waals surface area contributed by atoms with E-state index in [1.807, 2.05) is 0 Å². The summed E-state index contributed by atoms with van der Waals surface area (Å²) in [7, 11) is 0. The molecule has 0 saturated carbocycles. The number of aromatic nitrogens is 2. The van der Waals surface area contributed by atoms with Gasteiger partial charge in [-0.05, 0) is 97.6 Å². The maximum Gasteiger partial charge on any atom is 0.145 e. The van der Waals surface area contributed by atoms with Crippen molar-refractivity contribution in [3.8, 4) is 39.3 Å². The molecule has 1 aliphatic rings. The van der Waals surface area contributed by atoms with E-state index in [2.05, 4.69) is 181 Å². The molecular formula is C46H34N2. The Labute approximate surface area is 281 Å². The molecule has 1 aromatic heterocycles. The van der Waals surface area contributed by atoms with Gasteiger partial charge in [0.2, 0.25) is 0 Å². The Balaban J connectivity index is 1.29. The van der Waals surface area contributed by atoms with Crippen LogP contribution in [0.1, 0.15) is 18.9 Å². The largest absolute Gasteiger partial charge is 0.292 e. The fraction of sp³-hybridized carbons (Fsp3) is 0.0652. The molecule has 2 nitrogen and oxygen atoms in total. The smallest absolute Gasteiger partial charge is 0.145 e. The van der Waals surface area contributed by atoms with Crippen LogP contribution in [-0.2, 0) is 0 Å². The second-order valence-corrected chi connectivity index (χ2v) is 12.8. The molecule has 0 amide bonds. The number of hydrogen-bond donors (Lipinski definition) is 0. The van der Waals surface area contributed by atoms with Crippen molar-refractivity contribution in [1.82, 2.24) is 9.55 Å². The highest BCUT2D eigenvalue weighted by Crippen LogP contribution is 2.44. The summed E-state index contributed by atoms with van der Waals surface area (Å²) >= 11 is 0. The van der Waals surface area contributed by atoms with Crippen molar-refractivity contribution in [3.05, 3.63) is 175 Å². The third-order valence-electron chi connectivity index (χ3n) is 9.70. The van der Waals surface area contributed by atoms with Crippen LogP contribution in [0.3, 0.4) is 0 Å². The van der Waals surface area contributed by atoms with Gasteiger partial charge in [-0.2, -0.15) is 0 Å². The molecule has 1 atom stereocenters. The minimum atomic E-state index is 0.509. The van der Waals surface area contributed by atoms with E-state index in [1.165, 1.54) is 54.9 Å². The van der Waals surface area contributed by atoms with Crippen molar-refractivity contribution in [2.45, 2.75) is 13.3 Å². The van der Waals surface area contributed by atoms with Crippen molar-refractivity contribution in [2.75, 3.05) is 0 Å². The average Bonchev–Trinajstić information content (AvgIpc) is 3.54. The zero-order valence-electron chi connectivity index (χ0n) is 26.8. The molecule has 0 spiro atoms. The van der Waals surface area contributed by atoms with Gasteiger partial charge in [-0.15, -0.1) is 0 Å². The summed E-state index contributed by atoms with van der Waals surface area (Å²) in [5.41, 5.74) is 11.8. The molecule has 0 aliphatic heterocycles. The highest BCUT2D eigenvalue weighted by Gasteiger charge is 2.20. The first-order chi connectivity index (χ1) is 23.7. The molecular weight excluding hydrogens is 581 g/mol. The molecule has 0 N–H and O–H groups in total. The molecule has 9 rings (SSSR count). The maximum absolute atomic E-state index is 5.07. The zero-order valence-corrected chi connectivity index (χ0v) is 26.8. The average molecular weight is 615 g/mol. The van der Waals surface area contributed by atoms with E-state index < -0.39 is 0 Å². The Hall–Kier alpha value is -5.99. The first kappa shape index (κ1) is 28.3. The zero-order chi connectivity index (χ0) is 32.0. The van der Waals surface area contributed by atoms with Crippen LogP contribution in [0.15, 0.2) is 170 Å². The lowest BCUT2D eigenvalue weighted by Gasteiger charge is -2.21. The number of para-hydroxylation sites is 2. The summed E-state index contributed by atoms with van der Waals surface area (Å²) in [5.74, 6) is 1.45. The van der Waals surface area contributed by atoms with Gasteiger partial charge in [0, 0.05) is 11.3 Å². The van der Waals surface area contributed by atoms with Gasteiger partial charge in [0.25, 0.3) is 0 Å². The monoisotopic (exact) mass is 614 g/mol. The Morgan fingerprint density at radius 1 is 0.542 bits per heavy atom. The van der Waals surface area contributed by atoms with Crippen molar-refractivity contribution in [1.29, 1.82) is 0 Å². The molecule has 0 fully saturated rings. The quantitative estimate of drug-likeness (QED) is 0.176. The number of rotatable bonds is 5. The summed E-state index contributed by atoms with van der Waals surface area (Å²) in [6.45, 7) is 2.31. The van der Waals surface area contributed by atoms with Gasteiger partial charge in [-0.1, -0.05) is 146 Å². The van der Waals surface area contributed by atoms with Crippen molar-refractivity contribution in [2.24, 2.45) is 5.92 Å². The summed E-state index contributed by atoms with van der Waals surface area (Å²) < 4.78 is 2.28. The van der Waals surface area contributed by atoms with Gasteiger partial charge >= 0.3 is 0 Å². The van der Waals surface area contributed by atoms with Gasteiger partial charge in [-0.25, -0.2) is 4.98 Å². The van der Waals surface area contributed by atoms with Crippen LogP contribution in [0.2, 0.25) is 0 Å². The van der Waals surface area contributed by atoms with E-state index in [4.69, 9.17) is 4.98 Å². The number of benzene rings is 7. The van der Waals surface area contributed by atoms with Gasteiger partial charge in [0.1, 0.15) is 5.82 Å². The molecule has 0 radical (unpaired) electrons. The first-order valence-electron chi connectivity index (χ1n) is 16.8. The van der Waals surface area contributed by atoms with Crippen LogP contribution >= 0.6 is 0 Å². The molecule has 0 bridgehead atoms. The SMILES string of the molecule is CC1C=C(c2c3ccccc3c(-c3ccc(-n4c(-c5ccccc5)nc5ccccc54)cc3)c3cc(-c4ccccc4)ccc23)C=CC1. The number of allylic oxidation sites excluding steroid dienone is 4.